The van der Waals surface area contributed by atoms with E-state index >= 15 is 0 Å². The topological polar surface area (TPSA) is 65.7 Å². The maximum atomic E-state index is 10.6. The van der Waals surface area contributed by atoms with E-state index in [1.54, 1.807) is 13.0 Å². The van der Waals surface area contributed by atoms with Crippen molar-refractivity contribution in [1.82, 2.24) is 9.97 Å². The zero-order chi connectivity index (χ0) is 9.56. The Labute approximate surface area is 70.0 Å². The van der Waals surface area contributed by atoms with Gasteiger partial charge in [-0.2, -0.15) is 0 Å². The van der Waals surface area contributed by atoms with E-state index in [1.807, 2.05) is 6.92 Å². The van der Waals surface area contributed by atoms with Crippen LogP contribution in [0.15, 0.2) is 28.4 Å². The van der Waals surface area contributed by atoms with Crippen LogP contribution >= 0.6 is 0 Å². The summed E-state index contributed by atoms with van der Waals surface area (Å²) in [6, 6.07) is 0. The van der Waals surface area contributed by atoms with Crippen LogP contribution in [-0.4, -0.2) is 9.97 Å². The van der Waals surface area contributed by atoms with Crippen molar-refractivity contribution in [1.29, 1.82) is 0 Å². The summed E-state index contributed by atoms with van der Waals surface area (Å²) in [5.74, 6) is 0. The Morgan fingerprint density at radius 2 is 2.00 bits per heavy atom. The molecule has 0 spiro atoms. The average molecular weight is 168 g/mol. The quantitative estimate of drug-likeness (QED) is 0.556. The molecule has 0 aromatic carbocycles. The number of aryl methyl sites for hydroxylation is 1. The summed E-state index contributed by atoms with van der Waals surface area (Å²) in [4.78, 5) is 25.3. The van der Waals surface area contributed by atoms with Crippen molar-refractivity contribution in [3.05, 3.63) is 45.3 Å². The molecule has 1 rings (SSSR count). The normalized spacial score (nSPS) is 8.17. The molecule has 1 heterocycles. The second kappa shape index (κ2) is 5.12. The Morgan fingerprint density at radius 3 is 2.33 bits per heavy atom. The highest BCUT2D eigenvalue weighted by atomic mass is 16.2. The SMILES string of the molecule is C=CC.Cc1c[nH]c(=O)[nH]c1=O. The predicted octanol–water partition coefficient (Wildman–Crippen LogP) is 0.564. The Bertz CT molecular complexity index is 349. The van der Waals surface area contributed by atoms with Gasteiger partial charge in [0.2, 0.25) is 0 Å². The largest absolute Gasteiger partial charge is 0.325 e. The molecule has 1 aromatic rings. The number of aromatic amines is 2. The van der Waals surface area contributed by atoms with Crippen LogP contribution < -0.4 is 11.2 Å². The lowest BCUT2D eigenvalue weighted by Gasteiger charge is -1.84. The number of rotatable bonds is 0. The zero-order valence-electron chi connectivity index (χ0n) is 7.18. The van der Waals surface area contributed by atoms with Crippen molar-refractivity contribution in [2.75, 3.05) is 0 Å². The maximum Gasteiger partial charge on any atom is 0.325 e. The van der Waals surface area contributed by atoms with Gasteiger partial charge >= 0.3 is 5.69 Å². The molecule has 0 saturated heterocycles. The van der Waals surface area contributed by atoms with Gasteiger partial charge in [0.25, 0.3) is 5.56 Å². The summed E-state index contributed by atoms with van der Waals surface area (Å²) in [6.07, 6.45) is 3.13. The first kappa shape index (κ1) is 10.4. The molecule has 66 valence electrons. The molecule has 4 heteroatoms. The van der Waals surface area contributed by atoms with Crippen molar-refractivity contribution in [2.45, 2.75) is 13.8 Å². The second-order valence-corrected chi connectivity index (χ2v) is 2.16. The molecular weight excluding hydrogens is 156 g/mol. The van der Waals surface area contributed by atoms with E-state index in [9.17, 15) is 9.59 Å². The van der Waals surface area contributed by atoms with Crippen LogP contribution in [0.5, 0.6) is 0 Å². The Balaban J connectivity index is 0.000000354. The second-order valence-electron chi connectivity index (χ2n) is 2.16. The van der Waals surface area contributed by atoms with Crippen LogP contribution in [-0.2, 0) is 0 Å². The Kier molecular flexibility index (Phi) is 4.45. The van der Waals surface area contributed by atoms with E-state index in [1.165, 1.54) is 6.20 Å². The van der Waals surface area contributed by atoms with Gasteiger partial charge in [-0.15, -0.1) is 6.58 Å². The van der Waals surface area contributed by atoms with E-state index in [0.29, 0.717) is 5.56 Å². The minimum atomic E-state index is -0.467. The third-order valence-corrected chi connectivity index (χ3v) is 1.00. The van der Waals surface area contributed by atoms with Crippen LogP contribution in [0.25, 0.3) is 0 Å². The molecule has 0 radical (unpaired) electrons. The van der Waals surface area contributed by atoms with Gasteiger partial charge < -0.3 is 4.98 Å². The van der Waals surface area contributed by atoms with Gasteiger partial charge in [0, 0.05) is 11.8 Å². The molecule has 4 nitrogen and oxygen atoms in total. The summed E-state index contributed by atoms with van der Waals surface area (Å²) >= 11 is 0. The van der Waals surface area contributed by atoms with Crippen molar-refractivity contribution < 1.29 is 0 Å². The number of aromatic nitrogens is 2. The van der Waals surface area contributed by atoms with Crippen molar-refractivity contribution in [2.24, 2.45) is 0 Å². The lowest BCUT2D eigenvalue weighted by atomic mass is 10.4. The van der Waals surface area contributed by atoms with Crippen LogP contribution in [0, 0.1) is 6.92 Å². The van der Waals surface area contributed by atoms with Crippen LogP contribution in [0.4, 0.5) is 0 Å². The van der Waals surface area contributed by atoms with Gasteiger partial charge in [0.1, 0.15) is 0 Å². The molecule has 0 fully saturated rings. The highest BCUT2D eigenvalue weighted by molar-refractivity contribution is 4.98. The van der Waals surface area contributed by atoms with Crippen molar-refractivity contribution >= 4 is 0 Å². The van der Waals surface area contributed by atoms with Crippen LogP contribution in [0.2, 0.25) is 0 Å². The van der Waals surface area contributed by atoms with E-state index in [2.05, 4.69) is 16.5 Å². The summed E-state index contributed by atoms with van der Waals surface area (Å²) in [6.45, 7) is 6.87. The minimum absolute atomic E-state index is 0.334. The number of hydrogen-bond donors (Lipinski definition) is 2. The van der Waals surface area contributed by atoms with Gasteiger partial charge in [0.15, 0.2) is 0 Å². The van der Waals surface area contributed by atoms with Crippen LogP contribution in [0.3, 0.4) is 0 Å². The van der Waals surface area contributed by atoms with E-state index in [4.69, 9.17) is 0 Å². The maximum absolute atomic E-state index is 10.6. The fourth-order valence-electron chi connectivity index (χ4n) is 0.477. The van der Waals surface area contributed by atoms with Gasteiger partial charge in [-0.05, 0) is 13.8 Å². The summed E-state index contributed by atoms with van der Waals surface area (Å²) in [5, 5.41) is 0. The molecule has 0 atom stereocenters. The molecule has 0 unspecified atom stereocenters. The summed E-state index contributed by atoms with van der Waals surface area (Å²) in [7, 11) is 0. The smallest absolute Gasteiger partial charge is 0.314 e. The standard InChI is InChI=1S/C5H6N2O2.C3H6/c1-3-2-6-5(9)7-4(3)8;1-3-2/h2H,1H3,(H2,6,7,8,9);3H,1H2,2H3. The molecule has 0 bridgehead atoms. The number of H-pyrrole nitrogens is 2. The monoisotopic (exact) mass is 168 g/mol. The third kappa shape index (κ3) is 3.55. The van der Waals surface area contributed by atoms with Crippen molar-refractivity contribution in [3.8, 4) is 0 Å². The van der Waals surface area contributed by atoms with Gasteiger partial charge in [-0.3, -0.25) is 9.78 Å². The third-order valence-electron chi connectivity index (χ3n) is 1.00. The summed E-state index contributed by atoms with van der Waals surface area (Å²) in [5.41, 5.74) is -0.293. The zero-order valence-corrected chi connectivity index (χ0v) is 7.18. The molecule has 0 aliphatic rings. The average Bonchev–Trinajstić information content (AvgIpc) is 1.99. The lowest BCUT2D eigenvalue weighted by molar-refractivity contribution is 1.01. The molecule has 2 N–H and O–H groups in total. The molecular formula is C8H12N2O2. The molecule has 0 aliphatic heterocycles. The molecule has 0 amide bonds. The van der Waals surface area contributed by atoms with Gasteiger partial charge in [0.05, 0.1) is 0 Å². The molecule has 12 heavy (non-hydrogen) atoms. The Hall–Kier alpha value is -1.58. The highest BCUT2D eigenvalue weighted by Crippen LogP contribution is 1.73. The Morgan fingerprint density at radius 1 is 1.50 bits per heavy atom. The predicted molar refractivity (Wildman–Crippen MR) is 48.3 cm³/mol. The van der Waals surface area contributed by atoms with Gasteiger partial charge in [-0.25, -0.2) is 4.79 Å². The van der Waals surface area contributed by atoms with Crippen molar-refractivity contribution in [3.63, 3.8) is 0 Å². The summed E-state index contributed by atoms with van der Waals surface area (Å²) < 4.78 is 0. The first-order valence-corrected chi connectivity index (χ1v) is 3.47. The molecule has 1 aromatic heterocycles. The minimum Gasteiger partial charge on any atom is -0.314 e. The first-order chi connectivity index (χ1) is 5.61. The van der Waals surface area contributed by atoms with E-state index < -0.39 is 5.69 Å². The fraction of sp³-hybridized carbons (Fsp3) is 0.250. The van der Waals surface area contributed by atoms with Crippen LogP contribution in [0.1, 0.15) is 12.5 Å². The fourth-order valence-corrected chi connectivity index (χ4v) is 0.477. The molecule has 0 aliphatic carbocycles. The van der Waals surface area contributed by atoms with E-state index in [-0.39, 0.29) is 5.56 Å². The number of allylic oxidation sites excluding steroid dienone is 1. The van der Waals surface area contributed by atoms with E-state index in [0.717, 1.165) is 0 Å². The lowest BCUT2D eigenvalue weighted by Crippen LogP contribution is -2.22. The molecule has 0 saturated carbocycles. The number of nitrogens with one attached hydrogen (secondary N) is 2. The van der Waals surface area contributed by atoms with Gasteiger partial charge in [-0.1, -0.05) is 6.08 Å². The number of hydrogen-bond acceptors (Lipinski definition) is 2. The highest BCUT2D eigenvalue weighted by Gasteiger charge is 1.88. The first-order valence-electron chi connectivity index (χ1n) is 3.47.